The number of hydrogen-bond acceptors (Lipinski definition) is 4. The van der Waals surface area contributed by atoms with E-state index in [0.717, 1.165) is 19.3 Å². The summed E-state index contributed by atoms with van der Waals surface area (Å²) in [6, 6.07) is -0.141. The van der Waals surface area contributed by atoms with Gasteiger partial charge in [0.05, 0.1) is 11.8 Å². The highest BCUT2D eigenvalue weighted by Crippen LogP contribution is 2.70. The van der Waals surface area contributed by atoms with Gasteiger partial charge in [-0.2, -0.15) is 0 Å². The Morgan fingerprint density at radius 2 is 2.05 bits per heavy atom. The van der Waals surface area contributed by atoms with Gasteiger partial charge in [-0.15, -0.1) is 0 Å². The highest BCUT2D eigenvalue weighted by molar-refractivity contribution is 7.90. The standard InChI is InChI=1S/C16H24N2O3S/c1-14(2)11-5-7-16(14)10-22(20,21)18(12(16)9-11)13(19)15(3)6-4-8-17-15/h4,8,11-12,17H,5-7,9-10H2,1-3H3/t11?,12-,15-,16-/m1/s1. The van der Waals surface area contributed by atoms with Gasteiger partial charge in [0.1, 0.15) is 5.54 Å². The summed E-state index contributed by atoms with van der Waals surface area (Å²) in [5, 5.41) is 3.05. The van der Waals surface area contributed by atoms with E-state index in [1.54, 1.807) is 13.1 Å². The quantitative estimate of drug-likeness (QED) is 0.796. The van der Waals surface area contributed by atoms with E-state index in [4.69, 9.17) is 0 Å². The molecule has 6 heteroatoms. The molecule has 3 fully saturated rings. The number of carbonyl (C=O) groups excluding carboxylic acids is 1. The van der Waals surface area contributed by atoms with Gasteiger partial charge in [-0.1, -0.05) is 19.9 Å². The van der Waals surface area contributed by atoms with Crippen LogP contribution in [0.25, 0.3) is 0 Å². The number of carbonyl (C=O) groups is 1. The van der Waals surface area contributed by atoms with Crippen LogP contribution in [0.3, 0.4) is 0 Å². The van der Waals surface area contributed by atoms with Gasteiger partial charge in [-0.05, 0) is 50.1 Å². The third-order valence-corrected chi connectivity index (χ3v) is 9.03. The fourth-order valence-electron chi connectivity index (χ4n) is 5.54. The molecule has 1 N–H and O–H groups in total. The largest absolute Gasteiger partial charge is 0.377 e. The van der Waals surface area contributed by atoms with Crippen molar-refractivity contribution in [1.82, 2.24) is 9.62 Å². The lowest BCUT2D eigenvalue weighted by atomic mass is 9.69. The average Bonchev–Trinajstić information content (AvgIpc) is 3.07. The lowest BCUT2D eigenvalue weighted by molar-refractivity contribution is -0.134. The molecule has 5 nitrogen and oxygen atoms in total. The minimum absolute atomic E-state index is 0.00201. The van der Waals surface area contributed by atoms with Crippen LogP contribution in [-0.2, 0) is 14.8 Å². The second-order valence-corrected chi connectivity index (χ2v) is 10.2. The van der Waals surface area contributed by atoms with Crippen molar-refractivity contribution in [2.45, 2.75) is 58.0 Å². The third kappa shape index (κ3) is 1.45. The zero-order valence-electron chi connectivity index (χ0n) is 13.4. The average molecular weight is 324 g/mol. The smallest absolute Gasteiger partial charge is 0.261 e. The maximum Gasteiger partial charge on any atom is 0.261 e. The van der Waals surface area contributed by atoms with E-state index in [-0.39, 0.29) is 28.5 Å². The molecule has 22 heavy (non-hydrogen) atoms. The fourth-order valence-corrected chi connectivity index (χ4v) is 8.17. The normalized spacial score (nSPS) is 46.8. The molecular weight excluding hydrogens is 300 g/mol. The van der Waals surface area contributed by atoms with Crippen molar-refractivity contribution in [3.05, 3.63) is 12.3 Å². The van der Waals surface area contributed by atoms with Gasteiger partial charge in [0.25, 0.3) is 5.91 Å². The summed E-state index contributed by atoms with van der Waals surface area (Å²) >= 11 is 0. The predicted molar refractivity (Wildman–Crippen MR) is 83.3 cm³/mol. The summed E-state index contributed by atoms with van der Waals surface area (Å²) < 4.78 is 27.0. The Balaban J connectivity index is 1.77. The first kappa shape index (κ1) is 14.5. The number of hydrogen-bond donors (Lipinski definition) is 1. The molecule has 0 radical (unpaired) electrons. The molecule has 4 aliphatic rings. The SMILES string of the molecule is CC1(C)C2CC[C@]13CS(=O)(=O)N(C(=O)[C@@]1(C)CC=CN1)[C@@H]3C2. The molecule has 1 amide bonds. The number of amides is 1. The van der Waals surface area contributed by atoms with Crippen molar-refractivity contribution in [2.24, 2.45) is 16.7 Å². The van der Waals surface area contributed by atoms with Gasteiger partial charge >= 0.3 is 0 Å². The molecule has 4 rings (SSSR count). The van der Waals surface area contributed by atoms with E-state index in [1.807, 2.05) is 6.08 Å². The van der Waals surface area contributed by atoms with E-state index < -0.39 is 15.6 Å². The second kappa shape index (κ2) is 3.89. The lowest BCUT2D eigenvalue weighted by Gasteiger charge is -2.38. The number of fused-ring (bicyclic) bond motifs is 1. The van der Waals surface area contributed by atoms with Gasteiger partial charge < -0.3 is 5.32 Å². The topological polar surface area (TPSA) is 66.5 Å². The Kier molecular flexibility index (Phi) is 2.57. The van der Waals surface area contributed by atoms with E-state index in [1.165, 1.54) is 4.31 Å². The maximum absolute atomic E-state index is 13.1. The number of rotatable bonds is 1. The monoisotopic (exact) mass is 324 g/mol. The van der Waals surface area contributed by atoms with E-state index in [2.05, 4.69) is 19.2 Å². The van der Waals surface area contributed by atoms with Gasteiger partial charge in [0.15, 0.2) is 0 Å². The van der Waals surface area contributed by atoms with Crippen LogP contribution in [0.5, 0.6) is 0 Å². The van der Waals surface area contributed by atoms with Crippen LogP contribution in [0.4, 0.5) is 0 Å². The first-order valence-electron chi connectivity index (χ1n) is 8.13. The molecule has 0 aromatic carbocycles. The summed E-state index contributed by atoms with van der Waals surface area (Å²) in [6.07, 6.45) is 7.05. The fraction of sp³-hybridized carbons (Fsp3) is 0.812. The minimum atomic E-state index is -3.52. The first-order chi connectivity index (χ1) is 10.1. The Morgan fingerprint density at radius 3 is 2.64 bits per heavy atom. The molecule has 2 saturated carbocycles. The van der Waals surface area contributed by atoms with Gasteiger partial charge in [0, 0.05) is 5.41 Å². The van der Waals surface area contributed by atoms with Crippen LogP contribution in [0.1, 0.15) is 46.5 Å². The molecule has 1 unspecified atom stereocenters. The van der Waals surface area contributed by atoms with Crippen molar-refractivity contribution in [3.63, 3.8) is 0 Å². The number of nitrogens with one attached hydrogen (secondary N) is 1. The van der Waals surface area contributed by atoms with E-state index in [0.29, 0.717) is 12.3 Å². The molecule has 0 aromatic heterocycles. The summed E-state index contributed by atoms with van der Waals surface area (Å²) in [5.41, 5.74) is -1.05. The van der Waals surface area contributed by atoms with Crippen LogP contribution < -0.4 is 5.32 Å². The van der Waals surface area contributed by atoms with Crippen molar-refractivity contribution < 1.29 is 13.2 Å². The Labute approximate surface area is 132 Å². The molecular formula is C16H24N2O3S. The van der Waals surface area contributed by atoms with Crippen molar-refractivity contribution in [1.29, 1.82) is 0 Å². The Hall–Kier alpha value is -1.04. The van der Waals surface area contributed by atoms with Gasteiger partial charge in [-0.25, -0.2) is 12.7 Å². The summed E-state index contributed by atoms with van der Waals surface area (Å²) in [7, 11) is -3.52. The highest BCUT2D eigenvalue weighted by Gasteiger charge is 2.72. The second-order valence-electron chi connectivity index (χ2n) is 8.31. The van der Waals surface area contributed by atoms with Crippen LogP contribution in [-0.4, -0.2) is 36.0 Å². The molecule has 1 saturated heterocycles. The third-order valence-electron chi connectivity index (χ3n) is 7.13. The van der Waals surface area contributed by atoms with Gasteiger partial charge in [-0.3, -0.25) is 4.79 Å². The summed E-state index contributed by atoms with van der Waals surface area (Å²) in [5.74, 6) is 0.400. The van der Waals surface area contributed by atoms with Crippen molar-refractivity contribution in [2.75, 3.05) is 5.75 Å². The van der Waals surface area contributed by atoms with E-state index in [9.17, 15) is 13.2 Å². The van der Waals surface area contributed by atoms with Crippen LogP contribution in [0, 0.1) is 16.7 Å². The predicted octanol–water partition coefficient (Wildman–Crippen LogP) is 1.62. The molecule has 2 aliphatic carbocycles. The Bertz CT molecular complexity index is 674. The molecule has 2 heterocycles. The van der Waals surface area contributed by atoms with Crippen LogP contribution in [0.15, 0.2) is 12.3 Å². The van der Waals surface area contributed by atoms with E-state index >= 15 is 0 Å². The summed E-state index contributed by atoms with van der Waals surface area (Å²) in [4.78, 5) is 13.1. The molecule has 4 atom stereocenters. The lowest BCUT2D eigenvalue weighted by Crippen LogP contribution is -2.56. The number of sulfonamides is 1. The van der Waals surface area contributed by atoms with Crippen molar-refractivity contribution >= 4 is 15.9 Å². The molecule has 122 valence electrons. The summed E-state index contributed by atoms with van der Waals surface area (Å²) in [6.45, 7) is 6.20. The van der Waals surface area contributed by atoms with Crippen LogP contribution in [0.2, 0.25) is 0 Å². The van der Waals surface area contributed by atoms with Crippen LogP contribution >= 0.6 is 0 Å². The van der Waals surface area contributed by atoms with Gasteiger partial charge in [0.2, 0.25) is 10.0 Å². The minimum Gasteiger partial charge on any atom is -0.377 e. The zero-order chi connectivity index (χ0) is 16.0. The molecule has 1 spiro atoms. The molecule has 0 aromatic rings. The molecule has 2 aliphatic heterocycles. The maximum atomic E-state index is 13.1. The Morgan fingerprint density at radius 1 is 1.32 bits per heavy atom. The zero-order valence-corrected chi connectivity index (χ0v) is 14.2. The van der Waals surface area contributed by atoms with Crippen molar-refractivity contribution in [3.8, 4) is 0 Å². The number of nitrogens with zero attached hydrogens (tertiary/aromatic N) is 1. The molecule has 2 bridgehead atoms. The first-order valence-corrected chi connectivity index (χ1v) is 9.74. The highest BCUT2D eigenvalue weighted by atomic mass is 32.2.